The van der Waals surface area contributed by atoms with Crippen molar-refractivity contribution >= 4 is 11.8 Å². The van der Waals surface area contributed by atoms with Crippen LogP contribution in [0.5, 0.6) is 11.5 Å². The number of aromatic nitrogens is 2. The van der Waals surface area contributed by atoms with Gasteiger partial charge in [-0.25, -0.2) is 0 Å². The molecule has 0 saturated carbocycles. The third-order valence-corrected chi connectivity index (χ3v) is 3.22. The second-order valence-electron chi connectivity index (χ2n) is 3.86. The third-order valence-electron chi connectivity index (χ3n) is 2.45. The first-order valence-electron chi connectivity index (χ1n) is 5.46. The van der Waals surface area contributed by atoms with E-state index in [2.05, 4.69) is 5.10 Å². The number of H-pyrrole nitrogens is 1. The zero-order valence-electron chi connectivity index (χ0n) is 10.3. The summed E-state index contributed by atoms with van der Waals surface area (Å²) in [5.41, 5.74) is 0.207. The van der Waals surface area contributed by atoms with Crippen LogP contribution in [-0.2, 0) is 7.05 Å². The maximum Gasteiger partial charge on any atom is 0.309 e. The molecular formula is C12H12F2N2O2S. The number of ether oxygens (including phenoxy) is 1. The second kappa shape index (κ2) is 5.48. The Balaban J connectivity index is 2.35. The van der Waals surface area contributed by atoms with Gasteiger partial charge in [-0.15, -0.1) is 0 Å². The summed E-state index contributed by atoms with van der Waals surface area (Å²) in [7, 11) is 1.56. The van der Waals surface area contributed by atoms with Crippen molar-refractivity contribution in [3.05, 3.63) is 40.3 Å². The van der Waals surface area contributed by atoms with Gasteiger partial charge in [0.1, 0.15) is 5.75 Å². The number of nitrogens with one attached hydrogen (secondary N) is 1. The largest absolute Gasteiger partial charge is 0.448 e. The van der Waals surface area contributed by atoms with E-state index in [1.165, 1.54) is 10.7 Å². The molecule has 0 saturated heterocycles. The molecule has 7 heteroatoms. The molecule has 1 aromatic heterocycles. The number of para-hydroxylation sites is 1. The van der Waals surface area contributed by atoms with E-state index in [0.717, 1.165) is 0 Å². The molecule has 0 unspecified atom stereocenters. The van der Waals surface area contributed by atoms with Gasteiger partial charge in [-0.05, 0) is 19.1 Å². The highest BCUT2D eigenvalue weighted by Gasteiger charge is 2.15. The summed E-state index contributed by atoms with van der Waals surface area (Å²) in [5, 5.41) is 2.78. The average Bonchev–Trinajstić information content (AvgIpc) is 2.57. The van der Waals surface area contributed by atoms with Crippen molar-refractivity contribution in [3.8, 4) is 11.5 Å². The van der Waals surface area contributed by atoms with Gasteiger partial charge in [-0.3, -0.25) is 14.6 Å². The Labute approximate surface area is 112 Å². The lowest BCUT2D eigenvalue weighted by Crippen LogP contribution is -2.12. The van der Waals surface area contributed by atoms with E-state index in [4.69, 9.17) is 4.74 Å². The number of hydrogen-bond donors (Lipinski definition) is 1. The van der Waals surface area contributed by atoms with Gasteiger partial charge in [0.25, 0.3) is 5.76 Å². The van der Waals surface area contributed by atoms with E-state index in [-0.39, 0.29) is 17.1 Å². The van der Waals surface area contributed by atoms with Crippen LogP contribution in [-0.4, -0.2) is 15.5 Å². The van der Waals surface area contributed by atoms with Gasteiger partial charge >= 0.3 is 5.56 Å². The molecule has 19 heavy (non-hydrogen) atoms. The summed E-state index contributed by atoms with van der Waals surface area (Å²) < 4.78 is 31.6. The van der Waals surface area contributed by atoms with Crippen LogP contribution >= 0.6 is 11.8 Å². The van der Waals surface area contributed by atoms with Gasteiger partial charge in [-0.1, -0.05) is 23.9 Å². The first kappa shape index (κ1) is 13.7. The molecule has 4 nitrogen and oxygen atoms in total. The number of alkyl halides is 2. The van der Waals surface area contributed by atoms with E-state index in [1.807, 2.05) is 0 Å². The van der Waals surface area contributed by atoms with Crippen molar-refractivity contribution in [2.75, 3.05) is 0 Å². The molecule has 0 aliphatic carbocycles. The Morgan fingerprint density at radius 1 is 1.37 bits per heavy atom. The van der Waals surface area contributed by atoms with Gasteiger partial charge < -0.3 is 4.74 Å². The molecule has 0 atom stereocenters. The molecule has 2 aromatic rings. The number of aromatic amines is 1. The minimum atomic E-state index is -2.54. The summed E-state index contributed by atoms with van der Waals surface area (Å²) in [5.74, 6) is -2.18. The molecule has 0 aliphatic rings. The second-order valence-corrected chi connectivity index (χ2v) is 4.89. The van der Waals surface area contributed by atoms with Crippen molar-refractivity contribution < 1.29 is 13.5 Å². The maximum absolute atomic E-state index is 12.4. The molecule has 0 bridgehead atoms. The number of nitrogens with zero attached hydrogens (tertiary/aromatic N) is 1. The number of rotatable bonds is 4. The first-order valence-corrected chi connectivity index (χ1v) is 6.34. The molecule has 0 aliphatic heterocycles. The number of hydrogen-bond acceptors (Lipinski definition) is 3. The van der Waals surface area contributed by atoms with Crippen molar-refractivity contribution in [2.45, 2.75) is 17.6 Å². The summed E-state index contributed by atoms with van der Waals surface area (Å²) >= 11 is 0.385. The molecule has 1 N–H and O–H groups in total. The van der Waals surface area contributed by atoms with Crippen molar-refractivity contribution in [1.82, 2.24) is 9.78 Å². The van der Waals surface area contributed by atoms with Gasteiger partial charge in [0.05, 0.1) is 10.6 Å². The number of thioether (sulfide) groups is 1. The number of halogens is 2. The zero-order valence-corrected chi connectivity index (χ0v) is 11.1. The fraction of sp³-hybridized carbons (Fsp3) is 0.250. The van der Waals surface area contributed by atoms with Crippen LogP contribution < -0.4 is 10.3 Å². The van der Waals surface area contributed by atoms with E-state index in [1.54, 1.807) is 32.2 Å². The van der Waals surface area contributed by atoms with Gasteiger partial charge in [0.15, 0.2) is 0 Å². The first-order chi connectivity index (χ1) is 8.99. The predicted octanol–water partition coefficient (Wildman–Crippen LogP) is 3.13. The minimum absolute atomic E-state index is 0.116. The Morgan fingerprint density at radius 3 is 2.63 bits per heavy atom. The van der Waals surface area contributed by atoms with E-state index >= 15 is 0 Å². The third kappa shape index (κ3) is 2.98. The summed E-state index contributed by atoms with van der Waals surface area (Å²) in [4.78, 5) is 12.1. The van der Waals surface area contributed by atoms with E-state index in [0.29, 0.717) is 22.4 Å². The molecule has 0 spiro atoms. The molecule has 102 valence electrons. The Kier molecular flexibility index (Phi) is 3.94. The molecule has 1 heterocycles. The molecule has 0 amide bonds. The van der Waals surface area contributed by atoms with Crippen LogP contribution in [0.4, 0.5) is 8.78 Å². The smallest absolute Gasteiger partial charge is 0.309 e. The SMILES string of the molecule is Cc1[nH]n(C)c(=O)c1Oc1ccccc1SC(F)F. The van der Waals surface area contributed by atoms with Crippen LogP contribution in [0.2, 0.25) is 0 Å². The number of aryl methyl sites for hydroxylation is 2. The van der Waals surface area contributed by atoms with Crippen molar-refractivity contribution in [3.63, 3.8) is 0 Å². The monoisotopic (exact) mass is 286 g/mol. The summed E-state index contributed by atoms with van der Waals surface area (Å²) in [6.07, 6.45) is 0. The predicted molar refractivity (Wildman–Crippen MR) is 69.1 cm³/mol. The van der Waals surface area contributed by atoms with Crippen LogP contribution in [0.3, 0.4) is 0 Å². The summed E-state index contributed by atoms with van der Waals surface area (Å²) in [6, 6.07) is 6.38. The lowest BCUT2D eigenvalue weighted by molar-refractivity contribution is 0.252. The van der Waals surface area contributed by atoms with Gasteiger partial charge in [0.2, 0.25) is 5.75 Å². The van der Waals surface area contributed by atoms with Crippen LogP contribution in [0.15, 0.2) is 34.0 Å². The summed E-state index contributed by atoms with van der Waals surface area (Å²) in [6.45, 7) is 1.68. The van der Waals surface area contributed by atoms with E-state index in [9.17, 15) is 13.6 Å². The highest BCUT2D eigenvalue weighted by atomic mass is 32.2. The normalized spacial score (nSPS) is 11.0. The quantitative estimate of drug-likeness (QED) is 0.878. The van der Waals surface area contributed by atoms with Crippen molar-refractivity contribution in [2.24, 2.45) is 7.05 Å². The zero-order chi connectivity index (χ0) is 14.0. The molecule has 2 rings (SSSR count). The molecular weight excluding hydrogens is 274 g/mol. The highest BCUT2D eigenvalue weighted by Crippen LogP contribution is 2.35. The fourth-order valence-corrected chi connectivity index (χ4v) is 2.20. The van der Waals surface area contributed by atoms with E-state index < -0.39 is 5.76 Å². The standard InChI is InChI=1S/C12H12F2N2O2S/c1-7-10(11(17)16(2)15-7)18-8-5-3-4-6-9(8)19-12(13)14/h3-6,12,15H,1-2H3. The lowest BCUT2D eigenvalue weighted by Gasteiger charge is -2.08. The minimum Gasteiger partial charge on any atom is -0.448 e. The average molecular weight is 286 g/mol. The van der Waals surface area contributed by atoms with Crippen LogP contribution in [0.1, 0.15) is 5.69 Å². The molecule has 0 fully saturated rings. The molecule has 0 radical (unpaired) electrons. The Morgan fingerprint density at radius 2 is 2.05 bits per heavy atom. The number of benzene rings is 1. The Bertz CT molecular complexity index is 637. The van der Waals surface area contributed by atoms with Crippen LogP contribution in [0, 0.1) is 6.92 Å². The fourth-order valence-electron chi connectivity index (χ4n) is 1.62. The lowest BCUT2D eigenvalue weighted by atomic mass is 10.3. The Hall–Kier alpha value is -1.76. The maximum atomic E-state index is 12.4. The molecule has 1 aromatic carbocycles. The highest BCUT2D eigenvalue weighted by molar-refractivity contribution is 7.99. The van der Waals surface area contributed by atoms with Gasteiger partial charge in [-0.2, -0.15) is 8.78 Å². The topological polar surface area (TPSA) is 47.0 Å². The van der Waals surface area contributed by atoms with Crippen LogP contribution in [0.25, 0.3) is 0 Å². The van der Waals surface area contributed by atoms with Gasteiger partial charge in [0, 0.05) is 7.05 Å². The van der Waals surface area contributed by atoms with Crippen molar-refractivity contribution in [1.29, 1.82) is 0 Å².